The smallest absolute Gasteiger partial charge is 0.324 e. The highest BCUT2D eigenvalue weighted by atomic mass is 32.2. The van der Waals surface area contributed by atoms with Crippen LogP contribution in [0.15, 0.2) is 89.8 Å². The van der Waals surface area contributed by atoms with E-state index in [1.165, 1.54) is 11.8 Å². The average molecular weight is 434 g/mol. The molecular weight excluding hydrogens is 410 g/mol. The molecule has 0 saturated heterocycles. The number of thioether (sulfide) groups is 1. The number of Topliss-reactive ketones (excluding diaryl/α,β-unsaturated/α-hetero) is 1. The molecule has 0 radical (unpaired) electrons. The topological polar surface area (TPSA) is 72.5 Å². The highest BCUT2D eigenvalue weighted by Gasteiger charge is 2.24. The van der Waals surface area contributed by atoms with Crippen molar-refractivity contribution >= 4 is 35.1 Å². The zero-order valence-electron chi connectivity index (χ0n) is 17.1. The third kappa shape index (κ3) is 6.55. The lowest BCUT2D eigenvalue weighted by Gasteiger charge is -2.16. The van der Waals surface area contributed by atoms with Gasteiger partial charge in [-0.1, -0.05) is 55.5 Å². The third-order valence-corrected chi connectivity index (χ3v) is 5.72. The third-order valence-electron chi connectivity index (χ3n) is 4.47. The highest BCUT2D eigenvalue weighted by molar-refractivity contribution is 8.00. The Bertz CT molecular complexity index is 1020. The van der Waals surface area contributed by atoms with Crippen molar-refractivity contribution in [2.45, 2.75) is 23.5 Å². The number of hydrogen-bond donors (Lipinski definition) is 1. The molecule has 0 aliphatic rings. The van der Waals surface area contributed by atoms with Crippen LogP contribution < -0.4 is 5.32 Å². The van der Waals surface area contributed by atoms with Gasteiger partial charge in [0.1, 0.15) is 5.25 Å². The number of anilines is 1. The molecule has 0 bridgehead atoms. The van der Waals surface area contributed by atoms with E-state index in [1.807, 2.05) is 60.7 Å². The van der Waals surface area contributed by atoms with E-state index >= 15 is 0 Å². The zero-order valence-corrected chi connectivity index (χ0v) is 17.9. The zero-order chi connectivity index (χ0) is 22.1. The summed E-state index contributed by atoms with van der Waals surface area (Å²) in [5.74, 6) is -0.880. The first kappa shape index (κ1) is 22.3. The Morgan fingerprint density at radius 2 is 1.48 bits per heavy atom. The van der Waals surface area contributed by atoms with Crippen LogP contribution in [0.5, 0.6) is 0 Å². The molecule has 5 nitrogen and oxygen atoms in total. The van der Waals surface area contributed by atoms with Crippen molar-refractivity contribution in [1.82, 2.24) is 0 Å². The first-order chi connectivity index (χ1) is 15.1. The number of carbonyl (C=O) groups excluding carboxylic acids is 3. The van der Waals surface area contributed by atoms with Crippen molar-refractivity contribution in [3.05, 3.63) is 96.1 Å². The van der Waals surface area contributed by atoms with E-state index in [2.05, 4.69) is 5.32 Å². The van der Waals surface area contributed by atoms with Crippen LogP contribution in [0, 0.1) is 0 Å². The van der Waals surface area contributed by atoms with Gasteiger partial charge in [0.2, 0.25) is 5.91 Å². The van der Waals surface area contributed by atoms with Gasteiger partial charge in [0, 0.05) is 22.6 Å². The van der Waals surface area contributed by atoms with Gasteiger partial charge in [-0.2, -0.15) is 0 Å². The van der Waals surface area contributed by atoms with Gasteiger partial charge in [0.15, 0.2) is 12.4 Å². The predicted molar refractivity (Wildman–Crippen MR) is 122 cm³/mol. The lowest BCUT2D eigenvalue weighted by atomic mass is 10.1. The van der Waals surface area contributed by atoms with Gasteiger partial charge in [-0.25, -0.2) is 0 Å². The summed E-state index contributed by atoms with van der Waals surface area (Å²) in [6.45, 7) is 1.42. The van der Waals surface area contributed by atoms with Crippen LogP contribution in [-0.4, -0.2) is 24.3 Å². The lowest BCUT2D eigenvalue weighted by Crippen LogP contribution is -2.18. The number of ketones is 1. The number of ether oxygens (including phenoxy) is 1. The molecule has 1 N–H and O–H groups in total. The fourth-order valence-electron chi connectivity index (χ4n) is 2.80. The number of rotatable bonds is 9. The van der Waals surface area contributed by atoms with E-state index < -0.39 is 11.2 Å². The molecule has 3 aromatic rings. The Hall–Kier alpha value is -3.38. The standard InChI is InChI=1S/C25H23NO4S/c1-2-23(28)26-20-15-13-18(14-16-20)22(27)17-30-25(29)24(19-9-5-3-6-10-19)31-21-11-7-4-8-12-21/h3-16,24H,2,17H2,1H3,(H,26,28). The number of hydrogen-bond acceptors (Lipinski definition) is 5. The van der Waals surface area contributed by atoms with Gasteiger partial charge in [-0.15, -0.1) is 11.8 Å². The number of nitrogens with one attached hydrogen (secondary N) is 1. The summed E-state index contributed by atoms with van der Waals surface area (Å²) in [7, 11) is 0. The van der Waals surface area contributed by atoms with Crippen LogP contribution in [0.3, 0.4) is 0 Å². The molecule has 0 aromatic heterocycles. The van der Waals surface area contributed by atoms with Crippen molar-refractivity contribution in [3.63, 3.8) is 0 Å². The summed E-state index contributed by atoms with van der Waals surface area (Å²) in [5, 5.41) is 2.15. The molecule has 0 spiro atoms. The van der Waals surface area contributed by atoms with Crippen molar-refractivity contribution in [3.8, 4) is 0 Å². The van der Waals surface area contributed by atoms with E-state index in [1.54, 1.807) is 31.2 Å². The Kier molecular flexibility index (Phi) is 8.01. The summed E-state index contributed by atoms with van der Waals surface area (Å²) in [6.07, 6.45) is 0.375. The van der Waals surface area contributed by atoms with Crippen LogP contribution in [0.4, 0.5) is 5.69 Å². The number of benzene rings is 3. The van der Waals surface area contributed by atoms with Gasteiger partial charge < -0.3 is 10.1 Å². The molecule has 3 rings (SSSR count). The minimum absolute atomic E-state index is 0.101. The lowest BCUT2D eigenvalue weighted by molar-refractivity contribution is -0.142. The minimum atomic E-state index is -0.581. The SMILES string of the molecule is CCC(=O)Nc1ccc(C(=O)COC(=O)C(Sc2ccccc2)c2ccccc2)cc1. The van der Waals surface area contributed by atoms with Crippen LogP contribution >= 0.6 is 11.8 Å². The van der Waals surface area contributed by atoms with Crippen LogP contribution in [0.25, 0.3) is 0 Å². The molecule has 0 aliphatic heterocycles. The maximum Gasteiger partial charge on any atom is 0.324 e. The second kappa shape index (κ2) is 11.1. The highest BCUT2D eigenvalue weighted by Crippen LogP contribution is 2.36. The quantitative estimate of drug-likeness (QED) is 0.282. The van der Waals surface area contributed by atoms with Gasteiger partial charge in [-0.05, 0) is 42.0 Å². The van der Waals surface area contributed by atoms with Crippen LogP contribution in [0.2, 0.25) is 0 Å². The first-order valence-electron chi connectivity index (χ1n) is 9.93. The molecule has 0 fully saturated rings. The molecule has 1 unspecified atom stereocenters. The van der Waals surface area contributed by atoms with E-state index in [9.17, 15) is 14.4 Å². The fraction of sp³-hybridized carbons (Fsp3) is 0.160. The van der Waals surface area contributed by atoms with E-state index in [0.29, 0.717) is 17.7 Å². The van der Waals surface area contributed by atoms with Gasteiger partial charge in [0.25, 0.3) is 0 Å². The Balaban J connectivity index is 1.64. The van der Waals surface area contributed by atoms with Crippen molar-refractivity contribution in [2.24, 2.45) is 0 Å². The number of amides is 1. The minimum Gasteiger partial charge on any atom is -0.456 e. The molecule has 6 heteroatoms. The summed E-state index contributed by atoms with van der Waals surface area (Å²) < 4.78 is 5.38. The van der Waals surface area contributed by atoms with Gasteiger partial charge in [-0.3, -0.25) is 14.4 Å². The maximum atomic E-state index is 12.8. The van der Waals surface area contributed by atoms with E-state index in [0.717, 1.165) is 10.5 Å². The van der Waals surface area contributed by atoms with Crippen molar-refractivity contribution < 1.29 is 19.1 Å². The molecule has 0 aliphatic carbocycles. The second-order valence-electron chi connectivity index (χ2n) is 6.73. The Morgan fingerprint density at radius 1 is 0.871 bits per heavy atom. The number of carbonyl (C=O) groups is 3. The summed E-state index contributed by atoms with van der Waals surface area (Å²) in [6, 6.07) is 25.5. The summed E-state index contributed by atoms with van der Waals surface area (Å²) >= 11 is 1.38. The van der Waals surface area contributed by atoms with Gasteiger partial charge >= 0.3 is 5.97 Å². The predicted octanol–water partition coefficient (Wildman–Crippen LogP) is 5.29. The van der Waals surface area contributed by atoms with Crippen molar-refractivity contribution in [1.29, 1.82) is 0 Å². The van der Waals surface area contributed by atoms with E-state index in [-0.39, 0.29) is 18.3 Å². The first-order valence-corrected chi connectivity index (χ1v) is 10.8. The maximum absolute atomic E-state index is 12.8. The summed E-state index contributed by atoms with van der Waals surface area (Å²) in [5.41, 5.74) is 1.84. The molecule has 1 amide bonds. The monoisotopic (exact) mass is 433 g/mol. The molecule has 0 saturated carbocycles. The Labute approximate surface area is 185 Å². The molecule has 3 aromatic carbocycles. The molecule has 158 valence electrons. The number of esters is 1. The van der Waals surface area contributed by atoms with Gasteiger partial charge in [0.05, 0.1) is 0 Å². The molecule has 0 heterocycles. The van der Waals surface area contributed by atoms with Crippen molar-refractivity contribution in [2.75, 3.05) is 11.9 Å². The second-order valence-corrected chi connectivity index (χ2v) is 7.91. The molecule has 31 heavy (non-hydrogen) atoms. The Morgan fingerprint density at radius 3 is 2.10 bits per heavy atom. The average Bonchev–Trinajstić information content (AvgIpc) is 2.82. The fourth-order valence-corrected chi connectivity index (χ4v) is 3.84. The van der Waals surface area contributed by atoms with Crippen LogP contribution in [-0.2, 0) is 14.3 Å². The molecule has 1 atom stereocenters. The summed E-state index contributed by atoms with van der Waals surface area (Å²) in [4.78, 5) is 37.7. The van der Waals surface area contributed by atoms with E-state index in [4.69, 9.17) is 4.74 Å². The normalized spacial score (nSPS) is 11.4. The van der Waals surface area contributed by atoms with Crippen LogP contribution in [0.1, 0.15) is 34.5 Å². The molecular formula is C25H23NO4S. The largest absolute Gasteiger partial charge is 0.456 e.